The molecule has 1 aromatic carbocycles. The van der Waals surface area contributed by atoms with Gasteiger partial charge in [0.05, 0.1) is 11.1 Å². The number of hydrogen-bond acceptors (Lipinski definition) is 5. The molecule has 1 aliphatic carbocycles. The standard InChI is InChI=1S/C24H29ClO5/c1-3-4-5-8-19(27)11-10-18-14-23(25)24(28)22(18)13-17-7-6-9-20(12-17)30-16-21(15-26)29-2/h6-7,9-15,18-19,21,27H,3-5,8,16H2,1-2H3. The van der Waals surface area contributed by atoms with E-state index in [2.05, 4.69) is 6.92 Å². The van der Waals surface area contributed by atoms with Crippen LogP contribution in [-0.2, 0) is 14.3 Å². The van der Waals surface area contributed by atoms with Crippen LogP contribution in [0, 0.1) is 5.92 Å². The highest BCUT2D eigenvalue weighted by Gasteiger charge is 2.27. The summed E-state index contributed by atoms with van der Waals surface area (Å²) in [7, 11) is 1.44. The summed E-state index contributed by atoms with van der Waals surface area (Å²) in [5.41, 5.74) is 1.31. The first-order valence-corrected chi connectivity index (χ1v) is 10.6. The number of allylic oxidation sites excluding steroid dienone is 4. The lowest BCUT2D eigenvalue weighted by atomic mass is 9.97. The molecule has 3 atom stereocenters. The van der Waals surface area contributed by atoms with Gasteiger partial charge in [-0.3, -0.25) is 4.79 Å². The van der Waals surface area contributed by atoms with Crippen molar-refractivity contribution in [3.63, 3.8) is 0 Å². The van der Waals surface area contributed by atoms with Gasteiger partial charge < -0.3 is 19.4 Å². The number of ether oxygens (including phenoxy) is 2. The number of hydrogen-bond donors (Lipinski definition) is 1. The zero-order chi connectivity index (χ0) is 21.9. The maximum Gasteiger partial charge on any atom is 0.200 e. The monoisotopic (exact) mass is 432 g/mol. The quantitative estimate of drug-likeness (QED) is 0.228. The molecule has 0 radical (unpaired) electrons. The van der Waals surface area contributed by atoms with Crippen LogP contribution in [0.3, 0.4) is 0 Å². The fourth-order valence-corrected chi connectivity index (χ4v) is 3.34. The largest absolute Gasteiger partial charge is 0.490 e. The minimum Gasteiger partial charge on any atom is -0.490 e. The fourth-order valence-electron chi connectivity index (χ4n) is 3.10. The van der Waals surface area contributed by atoms with Gasteiger partial charge in [-0.2, -0.15) is 0 Å². The number of aldehydes is 1. The normalized spacial score (nSPS) is 19.9. The predicted octanol–water partition coefficient (Wildman–Crippen LogP) is 4.48. The molecule has 0 aliphatic heterocycles. The number of methoxy groups -OCH3 is 1. The third-order valence-electron chi connectivity index (χ3n) is 4.86. The number of rotatable bonds is 12. The van der Waals surface area contributed by atoms with Gasteiger partial charge in [0.1, 0.15) is 18.5 Å². The van der Waals surface area contributed by atoms with Crippen LogP contribution in [0.25, 0.3) is 6.08 Å². The minimum atomic E-state index is -0.635. The van der Waals surface area contributed by atoms with E-state index in [1.54, 1.807) is 36.4 Å². The molecular formula is C24H29ClO5. The van der Waals surface area contributed by atoms with Gasteiger partial charge in [0.2, 0.25) is 5.78 Å². The smallest absolute Gasteiger partial charge is 0.200 e. The Balaban J connectivity index is 2.12. The third-order valence-corrected chi connectivity index (χ3v) is 5.15. The van der Waals surface area contributed by atoms with Crippen molar-refractivity contribution in [1.29, 1.82) is 0 Å². The van der Waals surface area contributed by atoms with Crippen molar-refractivity contribution in [3.05, 3.63) is 58.7 Å². The molecule has 162 valence electrons. The maximum absolute atomic E-state index is 12.5. The molecule has 0 spiro atoms. The van der Waals surface area contributed by atoms with E-state index < -0.39 is 12.2 Å². The molecule has 5 nitrogen and oxygen atoms in total. The Kier molecular flexibility index (Phi) is 10.0. The molecule has 0 amide bonds. The number of unbranched alkanes of at least 4 members (excludes halogenated alkanes) is 2. The Hall–Kier alpha value is -2.21. The molecule has 6 heteroatoms. The summed E-state index contributed by atoms with van der Waals surface area (Å²) in [4.78, 5) is 23.3. The SMILES string of the molecule is CCCCCC(O)C=CC1C=C(Cl)C(=O)C1=Cc1cccc(OCC(C=O)OC)c1. The maximum atomic E-state index is 12.5. The first-order valence-electron chi connectivity index (χ1n) is 10.2. The second-order valence-corrected chi connectivity index (χ2v) is 7.62. The van der Waals surface area contributed by atoms with E-state index in [-0.39, 0.29) is 23.3 Å². The zero-order valence-electron chi connectivity index (χ0n) is 17.4. The van der Waals surface area contributed by atoms with E-state index in [9.17, 15) is 14.7 Å². The van der Waals surface area contributed by atoms with Crippen molar-refractivity contribution in [2.45, 2.75) is 44.8 Å². The van der Waals surface area contributed by atoms with Crippen molar-refractivity contribution in [2.24, 2.45) is 5.92 Å². The van der Waals surface area contributed by atoms with Crippen LogP contribution in [-0.4, -0.2) is 43.1 Å². The summed E-state index contributed by atoms with van der Waals surface area (Å²) in [5, 5.41) is 10.3. The Bertz CT molecular complexity index is 812. The molecule has 1 aliphatic rings. The molecule has 0 saturated heterocycles. The Morgan fingerprint density at radius 1 is 1.30 bits per heavy atom. The Labute approximate surface area is 183 Å². The summed E-state index contributed by atoms with van der Waals surface area (Å²) in [6.45, 7) is 2.22. The molecule has 2 rings (SSSR count). The van der Waals surface area contributed by atoms with Crippen molar-refractivity contribution in [1.82, 2.24) is 0 Å². The lowest BCUT2D eigenvalue weighted by molar-refractivity contribution is -0.118. The highest BCUT2D eigenvalue weighted by Crippen LogP contribution is 2.32. The van der Waals surface area contributed by atoms with Crippen LogP contribution >= 0.6 is 11.6 Å². The van der Waals surface area contributed by atoms with E-state index in [1.807, 2.05) is 12.1 Å². The summed E-state index contributed by atoms with van der Waals surface area (Å²) < 4.78 is 10.6. The number of carbonyl (C=O) groups excluding carboxylic acids is 2. The number of aliphatic hydroxyl groups excluding tert-OH is 1. The number of Topliss-reactive ketones (excluding diaryl/α,β-unsaturated/α-hetero) is 1. The number of carbonyl (C=O) groups is 2. The Morgan fingerprint density at radius 2 is 2.10 bits per heavy atom. The summed E-state index contributed by atoms with van der Waals surface area (Å²) in [5.74, 6) is 0.0537. The van der Waals surface area contributed by atoms with Crippen LogP contribution in [0.4, 0.5) is 0 Å². The van der Waals surface area contributed by atoms with Crippen molar-refractivity contribution < 1.29 is 24.2 Å². The molecule has 1 N–H and O–H groups in total. The van der Waals surface area contributed by atoms with Crippen LogP contribution < -0.4 is 4.74 Å². The second kappa shape index (κ2) is 12.5. The van der Waals surface area contributed by atoms with E-state index in [1.165, 1.54) is 7.11 Å². The molecule has 1 aromatic rings. The fraction of sp³-hybridized carbons (Fsp3) is 0.417. The van der Waals surface area contributed by atoms with Crippen LogP contribution in [0.15, 0.2) is 53.1 Å². The highest BCUT2D eigenvalue weighted by molar-refractivity contribution is 6.46. The zero-order valence-corrected chi connectivity index (χ0v) is 18.2. The van der Waals surface area contributed by atoms with Crippen molar-refractivity contribution in [2.75, 3.05) is 13.7 Å². The first kappa shape index (κ1) is 24.1. The summed E-state index contributed by atoms with van der Waals surface area (Å²) in [6.07, 6.45) is 10.4. The van der Waals surface area contributed by atoms with Crippen LogP contribution in [0.5, 0.6) is 5.75 Å². The van der Waals surface area contributed by atoms with E-state index in [0.717, 1.165) is 24.8 Å². The van der Waals surface area contributed by atoms with E-state index >= 15 is 0 Å². The molecule has 0 fully saturated rings. The average molecular weight is 433 g/mol. The van der Waals surface area contributed by atoms with Crippen LogP contribution in [0.2, 0.25) is 0 Å². The van der Waals surface area contributed by atoms with Gasteiger partial charge in [-0.25, -0.2) is 0 Å². The number of benzene rings is 1. The van der Waals surface area contributed by atoms with Gasteiger partial charge in [-0.1, -0.05) is 68.1 Å². The lowest BCUT2D eigenvalue weighted by Crippen LogP contribution is -2.21. The number of ketones is 1. The predicted molar refractivity (Wildman–Crippen MR) is 118 cm³/mol. The van der Waals surface area contributed by atoms with Gasteiger partial charge in [-0.15, -0.1) is 0 Å². The minimum absolute atomic E-state index is 0.105. The van der Waals surface area contributed by atoms with Gasteiger partial charge in [0.15, 0.2) is 6.29 Å². The van der Waals surface area contributed by atoms with E-state index in [0.29, 0.717) is 24.0 Å². The molecular weight excluding hydrogens is 404 g/mol. The van der Waals surface area contributed by atoms with Gasteiger partial charge >= 0.3 is 0 Å². The van der Waals surface area contributed by atoms with Crippen molar-refractivity contribution in [3.8, 4) is 5.75 Å². The molecule has 0 heterocycles. The van der Waals surface area contributed by atoms with Crippen molar-refractivity contribution >= 4 is 29.7 Å². The molecule has 0 saturated carbocycles. The third kappa shape index (κ3) is 7.24. The lowest BCUT2D eigenvalue weighted by Gasteiger charge is -2.11. The second-order valence-electron chi connectivity index (χ2n) is 7.21. The van der Waals surface area contributed by atoms with Gasteiger partial charge in [0.25, 0.3) is 0 Å². The topological polar surface area (TPSA) is 72.8 Å². The molecule has 3 unspecified atom stereocenters. The van der Waals surface area contributed by atoms with E-state index in [4.69, 9.17) is 21.1 Å². The molecule has 0 bridgehead atoms. The summed E-state index contributed by atoms with van der Waals surface area (Å²) in [6, 6.07) is 7.21. The van der Waals surface area contributed by atoms with Gasteiger partial charge in [0, 0.05) is 18.6 Å². The highest BCUT2D eigenvalue weighted by atomic mass is 35.5. The molecule has 0 aromatic heterocycles. The number of aliphatic hydroxyl groups is 1. The summed E-state index contributed by atoms with van der Waals surface area (Å²) >= 11 is 6.09. The van der Waals surface area contributed by atoms with Crippen LogP contribution in [0.1, 0.15) is 38.2 Å². The van der Waals surface area contributed by atoms with Gasteiger partial charge in [-0.05, 0) is 30.2 Å². The molecule has 30 heavy (non-hydrogen) atoms. The number of halogens is 1. The average Bonchev–Trinajstić information content (AvgIpc) is 3.01. The first-order chi connectivity index (χ1) is 14.5. The Morgan fingerprint density at radius 3 is 2.80 bits per heavy atom.